The van der Waals surface area contributed by atoms with E-state index in [0.717, 1.165) is 24.2 Å². The van der Waals surface area contributed by atoms with E-state index in [9.17, 15) is 9.90 Å². The Morgan fingerprint density at radius 1 is 1.11 bits per heavy atom. The van der Waals surface area contributed by atoms with Crippen LogP contribution in [0.3, 0.4) is 0 Å². The van der Waals surface area contributed by atoms with Crippen molar-refractivity contribution in [2.45, 2.75) is 45.3 Å². The minimum atomic E-state index is -0.988. The topological polar surface area (TPSA) is 119 Å². The number of aromatic nitrogens is 4. The Balaban J connectivity index is 1.43. The van der Waals surface area contributed by atoms with Gasteiger partial charge in [0.25, 0.3) is 5.91 Å². The summed E-state index contributed by atoms with van der Waals surface area (Å²) in [6.45, 7) is 5.07. The number of fused-ring (bicyclic) bond motifs is 1. The second-order valence-electron chi connectivity index (χ2n) is 9.92. The first-order chi connectivity index (χ1) is 17.9. The Morgan fingerprint density at radius 2 is 1.84 bits per heavy atom. The molecule has 0 radical (unpaired) electrons. The zero-order chi connectivity index (χ0) is 25.9. The number of nitrogen functional groups attached to an aromatic ring is 1. The first-order valence-electron chi connectivity index (χ1n) is 12.7. The van der Waals surface area contributed by atoms with Gasteiger partial charge in [0.05, 0.1) is 11.4 Å². The van der Waals surface area contributed by atoms with E-state index in [1.54, 1.807) is 4.90 Å². The van der Waals surface area contributed by atoms with E-state index in [-0.39, 0.29) is 17.9 Å². The molecule has 0 spiro atoms. The number of piperidine rings is 1. The van der Waals surface area contributed by atoms with Crippen molar-refractivity contribution in [3.05, 3.63) is 60.9 Å². The van der Waals surface area contributed by atoms with Crippen molar-refractivity contribution >= 4 is 22.8 Å². The first-order valence-corrected chi connectivity index (χ1v) is 12.7. The van der Waals surface area contributed by atoms with Crippen LogP contribution in [0.4, 0.5) is 5.82 Å². The molecule has 2 aromatic carbocycles. The summed E-state index contributed by atoms with van der Waals surface area (Å²) in [6.07, 6.45) is 2.55. The number of nitrogens with two attached hydrogens (primary N) is 1. The molecular weight excluding hydrogens is 468 g/mol. The van der Waals surface area contributed by atoms with Gasteiger partial charge >= 0.3 is 0 Å². The van der Waals surface area contributed by atoms with Crippen molar-refractivity contribution < 1.29 is 14.6 Å². The molecule has 9 heteroatoms. The summed E-state index contributed by atoms with van der Waals surface area (Å²) >= 11 is 0. The molecule has 2 aromatic heterocycles. The first kappa shape index (κ1) is 24.7. The molecule has 1 aliphatic rings. The van der Waals surface area contributed by atoms with Gasteiger partial charge in [0, 0.05) is 18.7 Å². The molecular formula is C28H32N6O3. The zero-order valence-electron chi connectivity index (χ0n) is 21.1. The number of hydrogen-bond donors (Lipinski definition) is 2. The largest absolute Gasteiger partial charge is 0.457 e. The molecule has 0 aliphatic carbocycles. The molecule has 3 N–H and O–H groups in total. The summed E-state index contributed by atoms with van der Waals surface area (Å²) in [4.78, 5) is 23.4. The van der Waals surface area contributed by atoms with Crippen LogP contribution in [0.1, 0.15) is 39.2 Å². The van der Waals surface area contributed by atoms with Gasteiger partial charge in [0.15, 0.2) is 5.65 Å². The van der Waals surface area contributed by atoms with Crippen LogP contribution in [0.2, 0.25) is 0 Å². The highest BCUT2D eigenvalue weighted by Crippen LogP contribution is 2.35. The van der Waals surface area contributed by atoms with E-state index in [1.165, 1.54) is 6.33 Å². The lowest BCUT2D eigenvalue weighted by Crippen LogP contribution is -2.45. The number of benzene rings is 2. The molecule has 192 valence electrons. The van der Waals surface area contributed by atoms with Gasteiger partial charge in [-0.05, 0) is 61.6 Å². The number of carbonyl (C=O) groups excluding carboxylic acids is 1. The summed E-state index contributed by atoms with van der Waals surface area (Å²) in [5.41, 5.74) is 8.48. The Kier molecular flexibility index (Phi) is 7.05. The van der Waals surface area contributed by atoms with Crippen LogP contribution < -0.4 is 10.5 Å². The normalized spacial score (nSPS) is 16.8. The number of ether oxygens (including phenoxy) is 1. The number of anilines is 1. The number of amides is 1. The molecule has 4 aromatic rings. The minimum Gasteiger partial charge on any atom is -0.457 e. The van der Waals surface area contributed by atoms with Gasteiger partial charge < -0.3 is 20.5 Å². The summed E-state index contributed by atoms with van der Waals surface area (Å²) in [6, 6.07) is 17.2. The Morgan fingerprint density at radius 3 is 2.57 bits per heavy atom. The Labute approximate surface area is 215 Å². The van der Waals surface area contributed by atoms with Crippen molar-refractivity contribution in [1.82, 2.24) is 24.6 Å². The molecule has 1 fully saturated rings. The highest BCUT2D eigenvalue weighted by Gasteiger charge is 2.31. The van der Waals surface area contributed by atoms with E-state index in [0.29, 0.717) is 47.8 Å². The number of rotatable bonds is 7. The molecule has 37 heavy (non-hydrogen) atoms. The maximum Gasteiger partial charge on any atom is 0.251 e. The van der Waals surface area contributed by atoms with Crippen LogP contribution in [-0.2, 0) is 4.79 Å². The number of nitrogens with zero attached hydrogens (tertiary/aromatic N) is 5. The number of hydrogen-bond acceptors (Lipinski definition) is 7. The fourth-order valence-electron chi connectivity index (χ4n) is 4.87. The standard InChI is InChI=1S/C28H32N6O3/c1-18(2)15-23(35)28(36)33-14-6-7-20(16-33)34-27-24(26(29)30-17-31-27)25(32-34)19-10-12-22(13-11-19)37-21-8-4-3-5-9-21/h3-5,8-13,17-18,20,23,35H,6-7,14-16H2,1-2H3,(H2,29,30,31)/t20-,23+/m1/s1. The quantitative estimate of drug-likeness (QED) is 0.385. The lowest BCUT2D eigenvalue weighted by atomic mass is 10.0. The van der Waals surface area contributed by atoms with Gasteiger partial charge in [-0.15, -0.1) is 0 Å². The fourth-order valence-corrected chi connectivity index (χ4v) is 4.87. The van der Waals surface area contributed by atoms with Crippen LogP contribution in [0.15, 0.2) is 60.9 Å². The van der Waals surface area contributed by atoms with Crippen molar-refractivity contribution in [2.75, 3.05) is 18.8 Å². The zero-order valence-corrected chi connectivity index (χ0v) is 21.1. The highest BCUT2D eigenvalue weighted by molar-refractivity contribution is 5.98. The van der Waals surface area contributed by atoms with Crippen LogP contribution in [0.5, 0.6) is 11.5 Å². The number of para-hydroxylation sites is 1. The van der Waals surface area contributed by atoms with Gasteiger partial charge in [0.2, 0.25) is 0 Å². The van der Waals surface area contributed by atoms with Gasteiger partial charge in [-0.2, -0.15) is 5.10 Å². The van der Waals surface area contributed by atoms with E-state index in [1.807, 2.05) is 73.1 Å². The smallest absolute Gasteiger partial charge is 0.251 e. The molecule has 1 amide bonds. The second kappa shape index (κ2) is 10.6. The summed E-state index contributed by atoms with van der Waals surface area (Å²) in [7, 11) is 0. The molecule has 2 atom stereocenters. The number of carbonyl (C=O) groups is 1. The summed E-state index contributed by atoms with van der Waals surface area (Å²) in [5, 5.41) is 16.0. The lowest BCUT2D eigenvalue weighted by Gasteiger charge is -2.34. The predicted octanol–water partition coefficient (Wildman–Crippen LogP) is 4.44. The Bertz CT molecular complexity index is 1370. The van der Waals surface area contributed by atoms with E-state index < -0.39 is 6.10 Å². The molecule has 1 aliphatic heterocycles. The van der Waals surface area contributed by atoms with E-state index in [2.05, 4.69) is 9.97 Å². The van der Waals surface area contributed by atoms with Gasteiger partial charge in [-0.25, -0.2) is 14.6 Å². The second-order valence-corrected chi connectivity index (χ2v) is 9.92. The minimum absolute atomic E-state index is 0.0878. The van der Waals surface area contributed by atoms with Crippen LogP contribution in [0, 0.1) is 5.92 Å². The lowest BCUT2D eigenvalue weighted by molar-refractivity contribution is -0.142. The molecule has 0 unspecified atom stereocenters. The van der Waals surface area contributed by atoms with Crippen molar-refractivity contribution in [3.63, 3.8) is 0 Å². The highest BCUT2D eigenvalue weighted by atomic mass is 16.5. The molecule has 1 saturated heterocycles. The maximum absolute atomic E-state index is 12.9. The third-order valence-corrected chi connectivity index (χ3v) is 6.66. The molecule has 9 nitrogen and oxygen atoms in total. The van der Waals surface area contributed by atoms with Crippen molar-refractivity contribution in [1.29, 1.82) is 0 Å². The molecule has 0 saturated carbocycles. The third kappa shape index (κ3) is 5.27. The van der Waals surface area contributed by atoms with Gasteiger partial charge in [-0.1, -0.05) is 32.0 Å². The maximum atomic E-state index is 12.9. The van der Waals surface area contributed by atoms with Crippen LogP contribution in [0.25, 0.3) is 22.3 Å². The summed E-state index contributed by atoms with van der Waals surface area (Å²) in [5.74, 6) is 1.84. The average Bonchev–Trinajstić information content (AvgIpc) is 3.30. The number of aliphatic hydroxyl groups excluding tert-OH is 1. The van der Waals surface area contributed by atoms with Gasteiger partial charge in [-0.3, -0.25) is 4.79 Å². The molecule has 3 heterocycles. The molecule has 0 bridgehead atoms. The Hall–Kier alpha value is -3.98. The number of likely N-dealkylation sites (tertiary alicyclic amines) is 1. The van der Waals surface area contributed by atoms with Crippen molar-refractivity contribution in [3.8, 4) is 22.8 Å². The fraction of sp³-hybridized carbons (Fsp3) is 0.357. The van der Waals surface area contributed by atoms with E-state index >= 15 is 0 Å². The number of aliphatic hydroxyl groups is 1. The van der Waals surface area contributed by atoms with Crippen LogP contribution >= 0.6 is 0 Å². The van der Waals surface area contributed by atoms with Crippen molar-refractivity contribution in [2.24, 2.45) is 5.92 Å². The predicted molar refractivity (Wildman–Crippen MR) is 142 cm³/mol. The van der Waals surface area contributed by atoms with Crippen LogP contribution in [-0.4, -0.2) is 54.9 Å². The summed E-state index contributed by atoms with van der Waals surface area (Å²) < 4.78 is 7.79. The third-order valence-electron chi connectivity index (χ3n) is 6.66. The van der Waals surface area contributed by atoms with E-state index in [4.69, 9.17) is 15.6 Å². The van der Waals surface area contributed by atoms with Gasteiger partial charge in [0.1, 0.15) is 35.4 Å². The molecule has 5 rings (SSSR count). The SMILES string of the molecule is CC(C)C[C@H](O)C(=O)N1CCC[C@@H](n2nc(-c3ccc(Oc4ccccc4)cc3)c3c(N)ncnc32)C1. The monoisotopic (exact) mass is 500 g/mol. The average molecular weight is 501 g/mol.